The fourth-order valence-corrected chi connectivity index (χ4v) is 6.88. The highest BCUT2D eigenvalue weighted by Crippen LogP contribution is 2.31. The minimum Gasteiger partial charge on any atom is -0.288 e. The van der Waals surface area contributed by atoms with Crippen molar-refractivity contribution in [3.05, 3.63) is 106 Å². The lowest BCUT2D eigenvalue weighted by molar-refractivity contribution is 0.104. The summed E-state index contributed by atoms with van der Waals surface area (Å²) in [6.07, 6.45) is 1.06. The minimum atomic E-state index is -4.19. The third-order valence-electron chi connectivity index (χ3n) is 5.36. The smallest absolute Gasteiger partial charge is 0.283 e. The van der Waals surface area contributed by atoms with E-state index in [2.05, 4.69) is 4.40 Å². The molecule has 0 atom stereocenters. The van der Waals surface area contributed by atoms with Crippen LogP contribution in [0, 0.1) is 20.8 Å². The summed E-state index contributed by atoms with van der Waals surface area (Å²) in [5, 5.41) is 0. The van der Waals surface area contributed by atoms with Gasteiger partial charge in [0.1, 0.15) is 4.91 Å². The first kappa shape index (κ1) is 22.8. The predicted molar refractivity (Wildman–Crippen MR) is 127 cm³/mol. The molecule has 8 heteroatoms. The number of aryl methyl sites for hydroxylation is 3. The molecule has 0 amide bonds. The molecule has 0 saturated carbocycles. The van der Waals surface area contributed by atoms with Gasteiger partial charge >= 0.3 is 0 Å². The number of sulfone groups is 1. The van der Waals surface area contributed by atoms with E-state index in [0.29, 0.717) is 11.1 Å². The second-order valence-corrected chi connectivity index (χ2v) is 11.3. The van der Waals surface area contributed by atoms with Gasteiger partial charge in [-0.3, -0.25) is 4.79 Å². The molecule has 0 spiro atoms. The van der Waals surface area contributed by atoms with Crippen molar-refractivity contribution in [2.75, 3.05) is 0 Å². The van der Waals surface area contributed by atoms with Crippen molar-refractivity contribution in [3.8, 4) is 0 Å². The molecule has 6 nitrogen and oxygen atoms in total. The van der Waals surface area contributed by atoms with Gasteiger partial charge in [-0.15, -0.1) is 0 Å². The van der Waals surface area contributed by atoms with E-state index in [1.807, 2.05) is 6.92 Å². The summed E-state index contributed by atoms with van der Waals surface area (Å²) in [5.41, 5.74) is 2.25. The maximum atomic E-state index is 13.3. The summed E-state index contributed by atoms with van der Waals surface area (Å²) in [6, 6.07) is 17.3. The molecular formula is C25H21NO5S2. The highest BCUT2D eigenvalue weighted by atomic mass is 32.2. The largest absolute Gasteiger partial charge is 0.288 e. The standard InChI is InChI=1S/C25H21NO5S2/c1-16-13-17(2)25(18(3)14-16)33(30,31)26-22-15-23(24(27)21-12-8-7-11-20(21)22)32(28,29)19-9-5-4-6-10-19/h4-15H,1-3H3/b26-22+. The van der Waals surface area contributed by atoms with Crippen molar-refractivity contribution in [1.29, 1.82) is 0 Å². The molecule has 0 N–H and O–H groups in total. The topological polar surface area (TPSA) is 97.7 Å². The van der Waals surface area contributed by atoms with Gasteiger partial charge in [-0.1, -0.05) is 60.2 Å². The Kier molecular flexibility index (Phi) is 5.67. The molecule has 4 rings (SSSR count). The highest BCUT2D eigenvalue weighted by Gasteiger charge is 2.34. The fourth-order valence-electron chi connectivity index (χ4n) is 4.06. The van der Waals surface area contributed by atoms with Crippen LogP contribution in [0.25, 0.3) is 0 Å². The number of hydrogen-bond acceptors (Lipinski definition) is 5. The third-order valence-corrected chi connectivity index (χ3v) is 8.74. The predicted octanol–water partition coefficient (Wildman–Crippen LogP) is 4.34. The molecule has 0 saturated heterocycles. The monoisotopic (exact) mass is 479 g/mol. The summed E-state index contributed by atoms with van der Waals surface area (Å²) >= 11 is 0. The highest BCUT2D eigenvalue weighted by molar-refractivity contribution is 7.96. The van der Waals surface area contributed by atoms with Crippen LogP contribution in [-0.2, 0) is 19.9 Å². The maximum absolute atomic E-state index is 13.3. The summed E-state index contributed by atoms with van der Waals surface area (Å²) in [5.74, 6) is -0.700. The number of carbonyl (C=O) groups is 1. The number of Topliss-reactive ketones (excluding diaryl/α,β-unsaturated/α-hetero) is 1. The third kappa shape index (κ3) is 4.07. The first-order valence-electron chi connectivity index (χ1n) is 10.1. The summed E-state index contributed by atoms with van der Waals surface area (Å²) in [6.45, 7) is 5.24. The zero-order valence-corrected chi connectivity index (χ0v) is 19.9. The van der Waals surface area contributed by atoms with Crippen molar-refractivity contribution in [3.63, 3.8) is 0 Å². The zero-order valence-electron chi connectivity index (χ0n) is 18.2. The number of hydrogen-bond donors (Lipinski definition) is 0. The Morgan fingerprint density at radius 3 is 1.88 bits per heavy atom. The molecule has 0 unspecified atom stereocenters. The Labute approximate surface area is 193 Å². The summed E-state index contributed by atoms with van der Waals surface area (Å²) < 4.78 is 57.1. The van der Waals surface area contributed by atoms with E-state index < -0.39 is 30.5 Å². The van der Waals surface area contributed by atoms with E-state index in [0.717, 1.165) is 11.6 Å². The van der Waals surface area contributed by atoms with Gasteiger partial charge < -0.3 is 0 Å². The molecule has 168 valence electrons. The fraction of sp³-hybridized carbons (Fsp3) is 0.120. The van der Waals surface area contributed by atoms with Gasteiger partial charge in [0, 0.05) is 11.1 Å². The Bertz CT molecular complexity index is 1540. The molecule has 0 aromatic heterocycles. The van der Waals surface area contributed by atoms with Crippen LogP contribution in [0.15, 0.2) is 91.9 Å². The van der Waals surface area contributed by atoms with E-state index in [-0.39, 0.29) is 26.6 Å². The molecule has 3 aromatic carbocycles. The second-order valence-electron chi connectivity index (χ2n) is 7.88. The van der Waals surface area contributed by atoms with E-state index >= 15 is 0 Å². The molecule has 1 aliphatic carbocycles. The van der Waals surface area contributed by atoms with Crippen molar-refractivity contribution in [2.45, 2.75) is 30.6 Å². The number of fused-ring (bicyclic) bond motifs is 1. The lowest BCUT2D eigenvalue weighted by Gasteiger charge is -2.18. The summed E-state index contributed by atoms with van der Waals surface area (Å²) in [7, 11) is -8.39. The van der Waals surface area contributed by atoms with Crippen LogP contribution >= 0.6 is 0 Å². The molecule has 0 heterocycles. The Morgan fingerprint density at radius 1 is 0.727 bits per heavy atom. The van der Waals surface area contributed by atoms with E-state index in [9.17, 15) is 21.6 Å². The zero-order chi connectivity index (χ0) is 24.0. The summed E-state index contributed by atoms with van der Waals surface area (Å²) in [4.78, 5) is 12.6. The van der Waals surface area contributed by atoms with Gasteiger partial charge in [0.25, 0.3) is 10.0 Å². The van der Waals surface area contributed by atoms with Crippen molar-refractivity contribution >= 4 is 31.4 Å². The number of carbonyl (C=O) groups excluding carboxylic acids is 1. The molecule has 0 radical (unpaired) electrons. The molecular weight excluding hydrogens is 458 g/mol. The number of allylic oxidation sites excluding steroid dienone is 2. The van der Waals surface area contributed by atoms with Crippen molar-refractivity contribution in [2.24, 2.45) is 4.40 Å². The van der Waals surface area contributed by atoms with Crippen LogP contribution in [0.2, 0.25) is 0 Å². The van der Waals surface area contributed by atoms with Gasteiger partial charge in [0.05, 0.1) is 15.5 Å². The van der Waals surface area contributed by atoms with Crippen LogP contribution in [-0.4, -0.2) is 28.3 Å². The average molecular weight is 480 g/mol. The lowest BCUT2D eigenvalue weighted by Crippen LogP contribution is -2.23. The van der Waals surface area contributed by atoms with Gasteiger partial charge in [0.2, 0.25) is 15.6 Å². The van der Waals surface area contributed by atoms with Crippen molar-refractivity contribution in [1.82, 2.24) is 0 Å². The van der Waals surface area contributed by atoms with Crippen LogP contribution in [0.4, 0.5) is 0 Å². The van der Waals surface area contributed by atoms with Gasteiger partial charge in [0.15, 0.2) is 0 Å². The van der Waals surface area contributed by atoms with Crippen molar-refractivity contribution < 1.29 is 21.6 Å². The van der Waals surface area contributed by atoms with Crippen LogP contribution in [0.5, 0.6) is 0 Å². The maximum Gasteiger partial charge on any atom is 0.283 e. The van der Waals surface area contributed by atoms with Crippen LogP contribution < -0.4 is 0 Å². The quantitative estimate of drug-likeness (QED) is 0.554. The SMILES string of the molecule is Cc1cc(C)c(S(=O)(=O)/N=C2\C=C(S(=O)(=O)c3ccccc3)C(=O)c3ccccc32)c(C)c1. The minimum absolute atomic E-state index is 0.0589. The Balaban J connectivity index is 1.97. The molecule has 3 aromatic rings. The van der Waals surface area contributed by atoms with Crippen LogP contribution in [0.1, 0.15) is 32.6 Å². The van der Waals surface area contributed by atoms with Gasteiger partial charge in [-0.05, 0) is 50.1 Å². The number of ketones is 1. The number of sulfonamides is 1. The van der Waals surface area contributed by atoms with E-state index in [1.165, 1.54) is 18.2 Å². The van der Waals surface area contributed by atoms with Gasteiger partial charge in [-0.2, -0.15) is 12.8 Å². The van der Waals surface area contributed by atoms with Crippen LogP contribution in [0.3, 0.4) is 0 Å². The molecule has 0 aliphatic heterocycles. The molecule has 0 fully saturated rings. The first-order chi connectivity index (χ1) is 15.5. The molecule has 1 aliphatic rings. The van der Waals surface area contributed by atoms with Gasteiger partial charge in [-0.25, -0.2) is 8.42 Å². The Morgan fingerprint density at radius 2 is 1.27 bits per heavy atom. The number of nitrogens with zero attached hydrogens (tertiary/aromatic N) is 1. The number of rotatable bonds is 4. The first-order valence-corrected chi connectivity index (χ1v) is 13.0. The second kappa shape index (κ2) is 8.20. The number of benzene rings is 3. The normalized spacial score (nSPS) is 15.3. The Hall–Kier alpha value is -3.36. The van der Waals surface area contributed by atoms with E-state index in [4.69, 9.17) is 0 Å². The molecule has 0 bridgehead atoms. The lowest BCUT2D eigenvalue weighted by atomic mass is 9.94. The van der Waals surface area contributed by atoms with E-state index in [1.54, 1.807) is 62.4 Å². The molecule has 33 heavy (non-hydrogen) atoms. The average Bonchev–Trinajstić information content (AvgIpc) is 2.75.